The van der Waals surface area contributed by atoms with Crippen molar-refractivity contribution in [2.45, 2.75) is 70.5 Å². The molecule has 132 valence electrons. The van der Waals surface area contributed by atoms with Crippen LogP contribution in [0.25, 0.3) is 0 Å². The van der Waals surface area contributed by atoms with Crippen molar-refractivity contribution in [3.63, 3.8) is 0 Å². The SMILES string of the molecule is CC12CCC3C(C1[C@@H]1C[C@@H]1C2=O)[C@H]1C[C@H]1C1(O)CC(O)CCC31C. The Morgan fingerprint density at radius 1 is 1.04 bits per heavy atom. The Morgan fingerprint density at radius 3 is 2.62 bits per heavy atom. The van der Waals surface area contributed by atoms with E-state index < -0.39 is 5.60 Å². The van der Waals surface area contributed by atoms with Gasteiger partial charge in [0.1, 0.15) is 5.78 Å². The molecular formula is C21H30O3. The highest BCUT2D eigenvalue weighted by Crippen LogP contribution is 2.78. The summed E-state index contributed by atoms with van der Waals surface area (Å²) in [5.41, 5.74) is -0.760. The van der Waals surface area contributed by atoms with E-state index in [1.165, 1.54) is 0 Å². The van der Waals surface area contributed by atoms with Crippen LogP contribution in [0, 0.1) is 52.3 Å². The van der Waals surface area contributed by atoms with Crippen LogP contribution in [0.2, 0.25) is 0 Å². The van der Waals surface area contributed by atoms with Gasteiger partial charge in [0.25, 0.3) is 0 Å². The molecule has 3 heteroatoms. The zero-order chi connectivity index (χ0) is 16.6. The molecule has 24 heavy (non-hydrogen) atoms. The smallest absolute Gasteiger partial charge is 0.142 e. The van der Waals surface area contributed by atoms with Gasteiger partial charge in [-0.25, -0.2) is 0 Å². The summed E-state index contributed by atoms with van der Waals surface area (Å²) in [5.74, 6) is 4.46. The van der Waals surface area contributed by atoms with Gasteiger partial charge in [0, 0.05) is 17.8 Å². The van der Waals surface area contributed by atoms with Crippen LogP contribution in [-0.2, 0) is 4.79 Å². The van der Waals surface area contributed by atoms with E-state index in [1.807, 2.05) is 0 Å². The van der Waals surface area contributed by atoms with Crippen molar-refractivity contribution in [2.24, 2.45) is 52.3 Å². The predicted molar refractivity (Wildman–Crippen MR) is 88.9 cm³/mol. The van der Waals surface area contributed by atoms with Crippen LogP contribution in [0.4, 0.5) is 0 Å². The molecular weight excluding hydrogens is 300 g/mol. The third-order valence-electron chi connectivity index (χ3n) is 10.1. The number of carbonyl (C=O) groups is 1. The summed E-state index contributed by atoms with van der Waals surface area (Å²) >= 11 is 0. The van der Waals surface area contributed by atoms with Gasteiger partial charge in [-0.15, -0.1) is 0 Å². The summed E-state index contributed by atoms with van der Waals surface area (Å²) < 4.78 is 0. The molecule has 6 rings (SSSR count). The third kappa shape index (κ3) is 1.37. The molecule has 7 unspecified atom stereocenters. The summed E-state index contributed by atoms with van der Waals surface area (Å²) in [6.45, 7) is 4.60. The average Bonchev–Trinajstić information content (AvgIpc) is 3.41. The summed E-state index contributed by atoms with van der Waals surface area (Å²) in [7, 11) is 0. The third-order valence-corrected chi connectivity index (χ3v) is 10.1. The fourth-order valence-electron chi connectivity index (χ4n) is 8.83. The molecule has 6 fully saturated rings. The molecule has 3 nitrogen and oxygen atoms in total. The van der Waals surface area contributed by atoms with Crippen molar-refractivity contribution in [1.29, 1.82) is 0 Å². The van der Waals surface area contributed by atoms with Crippen LogP contribution in [0.3, 0.4) is 0 Å². The van der Waals surface area contributed by atoms with Gasteiger partial charge < -0.3 is 10.2 Å². The van der Waals surface area contributed by atoms with E-state index in [0.29, 0.717) is 53.6 Å². The van der Waals surface area contributed by atoms with E-state index in [9.17, 15) is 15.0 Å². The first-order chi connectivity index (χ1) is 11.3. The van der Waals surface area contributed by atoms with Gasteiger partial charge in [-0.3, -0.25) is 4.79 Å². The Balaban J connectivity index is 1.45. The van der Waals surface area contributed by atoms with Crippen LogP contribution in [0.5, 0.6) is 0 Å². The molecule has 0 saturated heterocycles. The van der Waals surface area contributed by atoms with Gasteiger partial charge in [-0.1, -0.05) is 13.8 Å². The highest BCUT2D eigenvalue weighted by Gasteiger charge is 2.78. The maximum Gasteiger partial charge on any atom is 0.142 e. The predicted octanol–water partition coefficient (Wildman–Crippen LogP) is 2.79. The Hall–Kier alpha value is -0.410. The first kappa shape index (κ1) is 14.7. The number of hydrogen-bond acceptors (Lipinski definition) is 3. The number of aliphatic hydroxyl groups excluding tert-OH is 1. The van der Waals surface area contributed by atoms with Crippen molar-refractivity contribution < 1.29 is 15.0 Å². The van der Waals surface area contributed by atoms with Crippen molar-refractivity contribution in [2.75, 3.05) is 0 Å². The number of aliphatic hydroxyl groups is 2. The number of hydrogen-bond donors (Lipinski definition) is 2. The maximum absolute atomic E-state index is 12.9. The molecule has 0 aromatic rings. The number of fused-ring (bicyclic) bond motifs is 10. The van der Waals surface area contributed by atoms with E-state index in [4.69, 9.17) is 0 Å². The minimum atomic E-state index is -0.657. The normalized spacial score (nSPS) is 69.1. The molecule has 0 spiro atoms. The van der Waals surface area contributed by atoms with Crippen molar-refractivity contribution in [1.82, 2.24) is 0 Å². The summed E-state index contributed by atoms with van der Waals surface area (Å²) in [5, 5.41) is 21.9. The van der Waals surface area contributed by atoms with Crippen LogP contribution >= 0.6 is 0 Å². The second-order valence-corrected chi connectivity index (χ2v) is 10.8. The van der Waals surface area contributed by atoms with Gasteiger partial charge >= 0.3 is 0 Å². The van der Waals surface area contributed by atoms with Gasteiger partial charge in [0.2, 0.25) is 0 Å². The molecule has 6 aliphatic carbocycles. The fourth-order valence-corrected chi connectivity index (χ4v) is 8.83. The van der Waals surface area contributed by atoms with Gasteiger partial charge in [-0.05, 0) is 79.4 Å². The second-order valence-electron chi connectivity index (χ2n) is 10.8. The van der Waals surface area contributed by atoms with Crippen LogP contribution < -0.4 is 0 Å². The molecule has 0 heterocycles. The Labute approximate surface area is 144 Å². The lowest BCUT2D eigenvalue weighted by atomic mass is 9.43. The van der Waals surface area contributed by atoms with Crippen LogP contribution in [-0.4, -0.2) is 27.7 Å². The molecule has 0 amide bonds. The summed E-state index contributed by atoms with van der Waals surface area (Å²) in [6.07, 6.45) is 6.50. The zero-order valence-corrected chi connectivity index (χ0v) is 14.9. The lowest BCUT2D eigenvalue weighted by molar-refractivity contribution is -0.225. The van der Waals surface area contributed by atoms with Gasteiger partial charge in [0.15, 0.2) is 0 Å². The van der Waals surface area contributed by atoms with Crippen molar-refractivity contribution >= 4 is 5.78 Å². The topological polar surface area (TPSA) is 57.5 Å². The van der Waals surface area contributed by atoms with Crippen molar-refractivity contribution in [3.05, 3.63) is 0 Å². The van der Waals surface area contributed by atoms with E-state index in [0.717, 1.165) is 38.5 Å². The average molecular weight is 330 g/mol. The molecule has 6 saturated carbocycles. The molecule has 0 aliphatic heterocycles. The number of rotatable bonds is 0. The molecule has 0 aromatic heterocycles. The van der Waals surface area contributed by atoms with Crippen LogP contribution in [0.1, 0.15) is 58.8 Å². The van der Waals surface area contributed by atoms with E-state index in [2.05, 4.69) is 13.8 Å². The van der Waals surface area contributed by atoms with Crippen LogP contribution in [0.15, 0.2) is 0 Å². The quantitative estimate of drug-likeness (QED) is 0.718. The Kier molecular flexibility index (Phi) is 2.43. The molecule has 0 bridgehead atoms. The van der Waals surface area contributed by atoms with E-state index in [-0.39, 0.29) is 16.9 Å². The molecule has 0 radical (unpaired) electrons. The second kappa shape index (κ2) is 3.96. The molecule has 11 atom stereocenters. The van der Waals surface area contributed by atoms with Gasteiger partial charge in [0.05, 0.1) is 11.7 Å². The van der Waals surface area contributed by atoms with Gasteiger partial charge in [-0.2, -0.15) is 0 Å². The lowest BCUT2D eigenvalue weighted by Gasteiger charge is -2.63. The Morgan fingerprint density at radius 2 is 1.83 bits per heavy atom. The monoisotopic (exact) mass is 330 g/mol. The highest BCUT2D eigenvalue weighted by atomic mass is 16.3. The Bertz CT molecular complexity index is 645. The zero-order valence-electron chi connectivity index (χ0n) is 14.9. The first-order valence-electron chi connectivity index (χ1n) is 10.3. The summed E-state index contributed by atoms with van der Waals surface area (Å²) in [6, 6.07) is 0. The minimum absolute atomic E-state index is 0.0497. The van der Waals surface area contributed by atoms with Crippen molar-refractivity contribution in [3.8, 4) is 0 Å². The highest BCUT2D eigenvalue weighted by molar-refractivity contribution is 5.92. The standard InChI is InChI=1S/C21H30O3/c1-19-5-4-14-16(17(19)11-7-12(11)18(19)23)13-8-15(13)21(24)9-10(22)3-6-20(14,21)2/h10-17,22,24H,3-9H2,1-2H3/t10?,11-,12+,13+,14?,15-,16?,17?,19?,20?,21?/m1/s1. The molecule has 0 aromatic carbocycles. The first-order valence-corrected chi connectivity index (χ1v) is 10.3. The minimum Gasteiger partial charge on any atom is -0.393 e. The summed E-state index contributed by atoms with van der Waals surface area (Å²) in [4.78, 5) is 12.9. The number of ketones is 1. The fraction of sp³-hybridized carbons (Fsp3) is 0.952. The van der Waals surface area contributed by atoms with E-state index in [1.54, 1.807) is 0 Å². The lowest BCUT2D eigenvalue weighted by Crippen LogP contribution is -2.64. The number of carbonyl (C=O) groups excluding carboxylic acids is 1. The molecule has 6 aliphatic rings. The van der Waals surface area contributed by atoms with E-state index >= 15 is 0 Å². The number of Topliss-reactive ketones (excluding diaryl/α,β-unsaturated/α-hetero) is 1. The largest absolute Gasteiger partial charge is 0.393 e. The maximum atomic E-state index is 12.9. The molecule has 2 N–H and O–H groups in total.